The van der Waals surface area contributed by atoms with Gasteiger partial charge < -0.3 is 0 Å². The van der Waals surface area contributed by atoms with E-state index in [2.05, 4.69) is 5.92 Å². The molecule has 0 saturated heterocycles. The monoisotopic (exact) mass is 202 g/mol. The molecule has 0 amide bonds. The van der Waals surface area contributed by atoms with Crippen LogP contribution in [0.15, 0.2) is 35.7 Å². The van der Waals surface area contributed by atoms with Crippen LogP contribution in [0.3, 0.4) is 0 Å². The molecule has 68 valence electrons. The standard InChI is InChI=1S/C12H7FS/c1-2-9-5-6-10(11(13)8-9)12-4-3-7-14-12/h1,3-8H. The Morgan fingerprint density at radius 2 is 2.14 bits per heavy atom. The van der Waals surface area contributed by atoms with Crippen LogP contribution in [0.2, 0.25) is 0 Å². The molecule has 2 heteroatoms. The fourth-order valence-corrected chi connectivity index (χ4v) is 1.99. The van der Waals surface area contributed by atoms with Crippen molar-refractivity contribution in [1.29, 1.82) is 0 Å². The lowest BCUT2D eigenvalue weighted by Crippen LogP contribution is -1.83. The second kappa shape index (κ2) is 3.65. The van der Waals surface area contributed by atoms with Gasteiger partial charge in [-0.15, -0.1) is 17.8 Å². The maximum Gasteiger partial charge on any atom is 0.133 e. The molecular weight excluding hydrogens is 195 g/mol. The molecule has 0 aliphatic carbocycles. The fraction of sp³-hybridized carbons (Fsp3) is 0. The fourth-order valence-electron chi connectivity index (χ4n) is 1.24. The van der Waals surface area contributed by atoms with Crippen molar-refractivity contribution in [2.45, 2.75) is 0 Å². The van der Waals surface area contributed by atoms with Gasteiger partial charge in [0.2, 0.25) is 0 Å². The van der Waals surface area contributed by atoms with Crippen LogP contribution in [0.5, 0.6) is 0 Å². The minimum atomic E-state index is -0.261. The Hall–Kier alpha value is -1.59. The summed E-state index contributed by atoms with van der Waals surface area (Å²) in [6, 6.07) is 8.64. The number of hydrogen-bond acceptors (Lipinski definition) is 1. The van der Waals surface area contributed by atoms with Crippen LogP contribution in [0, 0.1) is 18.2 Å². The molecule has 0 fully saturated rings. The molecule has 2 aromatic rings. The minimum Gasteiger partial charge on any atom is -0.206 e. The molecule has 0 aliphatic rings. The van der Waals surface area contributed by atoms with E-state index in [1.54, 1.807) is 12.1 Å². The van der Waals surface area contributed by atoms with Crippen LogP contribution in [0.1, 0.15) is 5.56 Å². The Balaban J connectivity index is 2.52. The van der Waals surface area contributed by atoms with Gasteiger partial charge in [0.15, 0.2) is 0 Å². The quantitative estimate of drug-likeness (QED) is 0.620. The molecule has 0 N–H and O–H groups in total. The van der Waals surface area contributed by atoms with Crippen molar-refractivity contribution in [3.63, 3.8) is 0 Å². The van der Waals surface area contributed by atoms with Crippen molar-refractivity contribution in [2.24, 2.45) is 0 Å². The van der Waals surface area contributed by atoms with Crippen molar-refractivity contribution in [3.8, 4) is 22.8 Å². The minimum absolute atomic E-state index is 0.261. The van der Waals surface area contributed by atoms with Gasteiger partial charge in [-0.3, -0.25) is 0 Å². The van der Waals surface area contributed by atoms with Gasteiger partial charge in [0.05, 0.1) is 0 Å². The van der Waals surface area contributed by atoms with Crippen LogP contribution < -0.4 is 0 Å². The number of terminal acetylenes is 1. The summed E-state index contributed by atoms with van der Waals surface area (Å²) in [6.07, 6.45) is 5.17. The largest absolute Gasteiger partial charge is 0.206 e. The van der Waals surface area contributed by atoms with E-state index in [1.807, 2.05) is 17.5 Å². The molecule has 1 aromatic carbocycles. The van der Waals surface area contributed by atoms with E-state index in [0.29, 0.717) is 11.1 Å². The molecule has 2 rings (SSSR count). The van der Waals surface area contributed by atoms with Crippen molar-refractivity contribution in [2.75, 3.05) is 0 Å². The molecule has 0 nitrogen and oxygen atoms in total. The summed E-state index contributed by atoms with van der Waals surface area (Å²) in [5.74, 6) is 2.14. The zero-order chi connectivity index (χ0) is 9.97. The first-order valence-electron chi connectivity index (χ1n) is 4.11. The summed E-state index contributed by atoms with van der Waals surface area (Å²) in [4.78, 5) is 0.922. The van der Waals surface area contributed by atoms with E-state index in [0.717, 1.165) is 4.88 Å². The molecule has 14 heavy (non-hydrogen) atoms. The van der Waals surface area contributed by atoms with E-state index in [9.17, 15) is 4.39 Å². The Bertz CT molecular complexity index is 478. The summed E-state index contributed by atoms with van der Waals surface area (Å²) in [7, 11) is 0. The van der Waals surface area contributed by atoms with Crippen LogP contribution in [0.4, 0.5) is 4.39 Å². The van der Waals surface area contributed by atoms with E-state index in [1.165, 1.54) is 17.4 Å². The first-order valence-corrected chi connectivity index (χ1v) is 4.99. The summed E-state index contributed by atoms with van der Waals surface area (Å²) >= 11 is 1.51. The van der Waals surface area contributed by atoms with Gasteiger partial charge in [-0.05, 0) is 29.6 Å². The van der Waals surface area contributed by atoms with Gasteiger partial charge >= 0.3 is 0 Å². The van der Waals surface area contributed by atoms with Crippen LogP contribution >= 0.6 is 11.3 Å². The second-order valence-corrected chi connectivity index (χ2v) is 3.76. The summed E-state index contributed by atoms with van der Waals surface area (Å²) < 4.78 is 13.5. The maximum absolute atomic E-state index is 13.5. The summed E-state index contributed by atoms with van der Waals surface area (Å²) in [5, 5.41) is 1.92. The van der Waals surface area contributed by atoms with Gasteiger partial charge in [-0.1, -0.05) is 12.0 Å². The second-order valence-electron chi connectivity index (χ2n) is 2.82. The molecular formula is C12H7FS. The Morgan fingerprint density at radius 1 is 1.29 bits per heavy atom. The van der Waals surface area contributed by atoms with Crippen molar-refractivity contribution >= 4 is 11.3 Å². The van der Waals surface area contributed by atoms with E-state index < -0.39 is 0 Å². The van der Waals surface area contributed by atoms with Gasteiger partial charge in [-0.25, -0.2) is 4.39 Å². The maximum atomic E-state index is 13.5. The number of hydrogen-bond donors (Lipinski definition) is 0. The third-order valence-electron chi connectivity index (χ3n) is 1.92. The molecule has 1 aromatic heterocycles. The van der Waals surface area contributed by atoms with Crippen molar-refractivity contribution < 1.29 is 4.39 Å². The molecule has 1 heterocycles. The topological polar surface area (TPSA) is 0 Å². The third kappa shape index (κ3) is 1.55. The lowest BCUT2D eigenvalue weighted by Gasteiger charge is -2.00. The first kappa shape index (κ1) is 8.98. The average molecular weight is 202 g/mol. The molecule has 0 atom stereocenters. The van der Waals surface area contributed by atoms with Crippen LogP contribution in [0.25, 0.3) is 10.4 Å². The smallest absolute Gasteiger partial charge is 0.133 e. The van der Waals surface area contributed by atoms with Gasteiger partial charge in [0, 0.05) is 16.0 Å². The van der Waals surface area contributed by atoms with Crippen molar-refractivity contribution in [3.05, 3.63) is 47.1 Å². The predicted octanol–water partition coefficient (Wildman–Crippen LogP) is 3.54. The zero-order valence-electron chi connectivity index (χ0n) is 7.33. The first-order chi connectivity index (χ1) is 6.81. The highest BCUT2D eigenvalue weighted by Gasteiger charge is 2.05. The summed E-state index contributed by atoms with van der Waals surface area (Å²) in [6.45, 7) is 0. The van der Waals surface area contributed by atoms with Crippen molar-refractivity contribution in [1.82, 2.24) is 0 Å². The van der Waals surface area contributed by atoms with Gasteiger partial charge in [-0.2, -0.15) is 0 Å². The van der Waals surface area contributed by atoms with E-state index in [4.69, 9.17) is 6.42 Å². The Morgan fingerprint density at radius 3 is 2.71 bits per heavy atom. The molecule has 0 bridgehead atoms. The molecule has 0 spiro atoms. The zero-order valence-corrected chi connectivity index (χ0v) is 8.14. The average Bonchev–Trinajstić information content (AvgIpc) is 2.70. The highest BCUT2D eigenvalue weighted by atomic mass is 32.1. The van der Waals surface area contributed by atoms with E-state index in [-0.39, 0.29) is 5.82 Å². The number of benzene rings is 1. The number of thiophene rings is 1. The van der Waals surface area contributed by atoms with Gasteiger partial charge in [0.25, 0.3) is 0 Å². The van der Waals surface area contributed by atoms with Crippen LogP contribution in [-0.2, 0) is 0 Å². The number of rotatable bonds is 1. The SMILES string of the molecule is C#Cc1ccc(-c2cccs2)c(F)c1. The Labute approximate surface area is 86.0 Å². The molecule has 0 radical (unpaired) electrons. The van der Waals surface area contributed by atoms with Gasteiger partial charge in [0.1, 0.15) is 5.82 Å². The Kier molecular flexibility index (Phi) is 2.34. The highest BCUT2D eigenvalue weighted by Crippen LogP contribution is 2.27. The lowest BCUT2D eigenvalue weighted by atomic mass is 10.1. The normalized spacial score (nSPS) is 9.71. The van der Waals surface area contributed by atoms with Crippen LogP contribution in [-0.4, -0.2) is 0 Å². The molecule has 0 aliphatic heterocycles. The predicted molar refractivity (Wildman–Crippen MR) is 57.6 cm³/mol. The number of halogens is 1. The third-order valence-corrected chi connectivity index (χ3v) is 2.83. The summed E-state index contributed by atoms with van der Waals surface area (Å²) in [5.41, 5.74) is 1.18. The highest BCUT2D eigenvalue weighted by molar-refractivity contribution is 7.13. The lowest BCUT2D eigenvalue weighted by molar-refractivity contribution is 0.631. The molecule has 0 saturated carbocycles. The van der Waals surface area contributed by atoms with E-state index >= 15 is 0 Å². The molecule has 0 unspecified atom stereocenters.